The monoisotopic (exact) mass is 412 g/mol. The first-order valence-electron chi connectivity index (χ1n) is 9.46. The number of ether oxygens (including phenoxy) is 1. The van der Waals surface area contributed by atoms with Crippen LogP contribution in [-0.4, -0.2) is 16.5 Å². The van der Waals surface area contributed by atoms with Crippen molar-refractivity contribution in [3.63, 3.8) is 0 Å². The van der Waals surface area contributed by atoms with Crippen LogP contribution in [0.3, 0.4) is 0 Å². The smallest absolute Gasteiger partial charge is 0.140 e. The van der Waals surface area contributed by atoms with E-state index in [2.05, 4.69) is 51.7 Å². The standard InChI is InChI=1S/C22H25BrN2O/c1-15-12-18(23)14-25-19(13-17-10-6-7-11-20(17)26-2)21(24-22(15)25)16-8-4-3-5-9-16/h6-7,10-12,14,16H,3-5,8-9,13H2,1-2H3. The van der Waals surface area contributed by atoms with Crippen LogP contribution in [0, 0.1) is 6.92 Å². The van der Waals surface area contributed by atoms with Crippen molar-refractivity contribution in [3.05, 3.63) is 63.5 Å². The summed E-state index contributed by atoms with van der Waals surface area (Å²) >= 11 is 3.66. The van der Waals surface area contributed by atoms with E-state index in [1.807, 2.05) is 12.1 Å². The van der Waals surface area contributed by atoms with Crippen LogP contribution in [0.15, 0.2) is 41.0 Å². The number of rotatable bonds is 4. The highest BCUT2D eigenvalue weighted by molar-refractivity contribution is 9.10. The van der Waals surface area contributed by atoms with Gasteiger partial charge in [0.1, 0.15) is 11.4 Å². The maximum absolute atomic E-state index is 5.60. The summed E-state index contributed by atoms with van der Waals surface area (Å²) < 4.78 is 8.98. The lowest BCUT2D eigenvalue weighted by Gasteiger charge is -2.21. The van der Waals surface area contributed by atoms with E-state index >= 15 is 0 Å². The third-order valence-corrected chi connectivity index (χ3v) is 5.98. The Kier molecular flexibility index (Phi) is 5.03. The number of pyridine rings is 1. The van der Waals surface area contributed by atoms with E-state index in [9.17, 15) is 0 Å². The molecule has 1 aromatic carbocycles. The molecule has 0 amide bonds. The quantitative estimate of drug-likeness (QED) is 0.520. The van der Waals surface area contributed by atoms with Gasteiger partial charge in [0.15, 0.2) is 0 Å². The first-order valence-corrected chi connectivity index (χ1v) is 10.3. The Hall–Kier alpha value is -1.81. The van der Waals surface area contributed by atoms with Crippen molar-refractivity contribution < 1.29 is 4.74 Å². The second kappa shape index (κ2) is 7.43. The minimum atomic E-state index is 0.575. The summed E-state index contributed by atoms with van der Waals surface area (Å²) in [6.07, 6.45) is 9.49. The number of hydrogen-bond acceptors (Lipinski definition) is 2. The average molecular weight is 413 g/mol. The second-order valence-electron chi connectivity index (χ2n) is 7.30. The van der Waals surface area contributed by atoms with Crippen LogP contribution < -0.4 is 4.74 Å². The Morgan fingerprint density at radius 1 is 1.19 bits per heavy atom. The van der Waals surface area contributed by atoms with Crippen molar-refractivity contribution in [2.24, 2.45) is 0 Å². The van der Waals surface area contributed by atoms with Crippen molar-refractivity contribution in [3.8, 4) is 5.75 Å². The molecular formula is C22H25BrN2O. The van der Waals surface area contributed by atoms with Crippen LogP contribution >= 0.6 is 15.9 Å². The maximum Gasteiger partial charge on any atom is 0.140 e. The molecule has 2 aromatic heterocycles. The Morgan fingerprint density at radius 3 is 2.73 bits per heavy atom. The van der Waals surface area contributed by atoms with Gasteiger partial charge >= 0.3 is 0 Å². The lowest BCUT2D eigenvalue weighted by atomic mass is 9.85. The molecule has 1 fully saturated rings. The van der Waals surface area contributed by atoms with Crippen molar-refractivity contribution >= 4 is 21.6 Å². The number of aromatic nitrogens is 2. The largest absolute Gasteiger partial charge is 0.496 e. The highest BCUT2D eigenvalue weighted by Crippen LogP contribution is 2.36. The van der Waals surface area contributed by atoms with Gasteiger partial charge in [0, 0.05) is 28.6 Å². The highest BCUT2D eigenvalue weighted by Gasteiger charge is 2.24. The molecule has 0 bridgehead atoms. The van der Waals surface area contributed by atoms with Gasteiger partial charge in [-0.15, -0.1) is 0 Å². The SMILES string of the molecule is COc1ccccc1Cc1c(C2CCCCC2)nc2c(C)cc(Br)cn12. The van der Waals surface area contributed by atoms with Crippen LogP contribution in [0.25, 0.3) is 5.65 Å². The number of para-hydroxylation sites is 1. The van der Waals surface area contributed by atoms with Gasteiger partial charge in [0.2, 0.25) is 0 Å². The molecule has 0 saturated heterocycles. The topological polar surface area (TPSA) is 26.5 Å². The van der Waals surface area contributed by atoms with E-state index in [0.29, 0.717) is 5.92 Å². The molecule has 3 aromatic rings. The summed E-state index contributed by atoms with van der Waals surface area (Å²) in [4.78, 5) is 5.13. The van der Waals surface area contributed by atoms with Crippen molar-refractivity contribution in [2.45, 2.75) is 51.4 Å². The number of benzene rings is 1. The van der Waals surface area contributed by atoms with Gasteiger partial charge in [-0.3, -0.25) is 0 Å². The zero-order valence-electron chi connectivity index (χ0n) is 15.5. The van der Waals surface area contributed by atoms with Crippen LogP contribution in [0.4, 0.5) is 0 Å². The lowest BCUT2D eigenvalue weighted by Crippen LogP contribution is -2.09. The molecule has 0 spiro atoms. The van der Waals surface area contributed by atoms with Gasteiger partial charge in [-0.2, -0.15) is 0 Å². The number of methoxy groups -OCH3 is 1. The molecule has 1 saturated carbocycles. The number of fused-ring (bicyclic) bond motifs is 1. The first-order chi connectivity index (χ1) is 12.7. The number of halogens is 1. The van der Waals surface area contributed by atoms with Gasteiger partial charge in [-0.05, 0) is 53.4 Å². The van der Waals surface area contributed by atoms with Crippen LogP contribution in [0.1, 0.15) is 60.5 Å². The summed E-state index contributed by atoms with van der Waals surface area (Å²) in [6.45, 7) is 2.14. The Labute approximate surface area is 163 Å². The summed E-state index contributed by atoms with van der Waals surface area (Å²) in [5, 5.41) is 0. The molecule has 2 heterocycles. The van der Waals surface area contributed by atoms with Gasteiger partial charge in [0.05, 0.1) is 18.5 Å². The zero-order chi connectivity index (χ0) is 18.1. The van der Waals surface area contributed by atoms with E-state index in [1.165, 1.54) is 54.6 Å². The molecule has 1 aliphatic rings. The molecular weight excluding hydrogens is 388 g/mol. The number of nitrogens with zero attached hydrogens (tertiary/aromatic N) is 2. The molecule has 26 heavy (non-hydrogen) atoms. The van der Waals surface area contributed by atoms with Gasteiger partial charge in [0.25, 0.3) is 0 Å². The Balaban J connectivity index is 1.87. The summed E-state index contributed by atoms with van der Waals surface area (Å²) in [5.74, 6) is 1.52. The van der Waals surface area contributed by atoms with Crippen molar-refractivity contribution in [1.29, 1.82) is 0 Å². The third-order valence-electron chi connectivity index (χ3n) is 5.54. The van der Waals surface area contributed by atoms with Crippen LogP contribution in [-0.2, 0) is 6.42 Å². The number of aryl methyl sites for hydroxylation is 1. The van der Waals surface area contributed by atoms with Crippen LogP contribution in [0.5, 0.6) is 5.75 Å². The normalized spacial score (nSPS) is 15.5. The van der Waals surface area contributed by atoms with Gasteiger partial charge in [-0.25, -0.2) is 4.98 Å². The number of imidazole rings is 1. The molecule has 0 atom stereocenters. The molecule has 4 heteroatoms. The molecule has 136 valence electrons. The first kappa shape index (κ1) is 17.6. The minimum absolute atomic E-state index is 0.575. The summed E-state index contributed by atoms with van der Waals surface area (Å²) in [7, 11) is 1.75. The third kappa shape index (κ3) is 3.27. The maximum atomic E-state index is 5.60. The number of hydrogen-bond donors (Lipinski definition) is 0. The molecule has 3 nitrogen and oxygen atoms in total. The van der Waals surface area contributed by atoms with Crippen molar-refractivity contribution in [2.75, 3.05) is 7.11 Å². The molecule has 4 rings (SSSR count). The van der Waals surface area contributed by atoms with E-state index in [4.69, 9.17) is 9.72 Å². The Bertz CT molecular complexity index is 925. The van der Waals surface area contributed by atoms with E-state index in [-0.39, 0.29) is 0 Å². The predicted molar refractivity (Wildman–Crippen MR) is 109 cm³/mol. The van der Waals surface area contributed by atoms with E-state index < -0.39 is 0 Å². The summed E-state index contributed by atoms with van der Waals surface area (Å²) in [5.41, 5.74) is 6.10. The highest BCUT2D eigenvalue weighted by atomic mass is 79.9. The molecule has 0 radical (unpaired) electrons. The summed E-state index contributed by atoms with van der Waals surface area (Å²) in [6, 6.07) is 10.5. The molecule has 0 aliphatic heterocycles. The average Bonchev–Trinajstić information content (AvgIpc) is 3.02. The fourth-order valence-corrected chi connectivity index (χ4v) is 4.79. The zero-order valence-corrected chi connectivity index (χ0v) is 17.1. The van der Waals surface area contributed by atoms with Gasteiger partial charge in [-0.1, -0.05) is 37.5 Å². The fraction of sp³-hybridized carbons (Fsp3) is 0.409. The lowest BCUT2D eigenvalue weighted by molar-refractivity contribution is 0.410. The van der Waals surface area contributed by atoms with Gasteiger partial charge < -0.3 is 9.14 Å². The van der Waals surface area contributed by atoms with Crippen LogP contribution in [0.2, 0.25) is 0 Å². The second-order valence-corrected chi connectivity index (χ2v) is 8.22. The Morgan fingerprint density at radius 2 is 1.96 bits per heavy atom. The minimum Gasteiger partial charge on any atom is -0.496 e. The molecule has 0 N–H and O–H groups in total. The molecule has 1 aliphatic carbocycles. The predicted octanol–water partition coefficient (Wildman–Crippen LogP) is 6.05. The fourth-order valence-electron chi connectivity index (χ4n) is 4.24. The van der Waals surface area contributed by atoms with E-state index in [1.54, 1.807) is 7.11 Å². The van der Waals surface area contributed by atoms with E-state index in [0.717, 1.165) is 22.3 Å². The van der Waals surface area contributed by atoms with Crippen molar-refractivity contribution in [1.82, 2.24) is 9.38 Å². The molecule has 0 unspecified atom stereocenters.